The van der Waals surface area contributed by atoms with Gasteiger partial charge in [-0.15, -0.1) is 11.3 Å². The molecule has 1 heterocycles. The lowest BCUT2D eigenvalue weighted by atomic mass is 10.9. The van der Waals surface area contributed by atoms with Gasteiger partial charge in [-0.3, -0.25) is 0 Å². The van der Waals surface area contributed by atoms with E-state index in [1.54, 1.807) is 0 Å². The molecular weight excluding hydrogens is 137 g/mol. The van der Waals surface area contributed by atoms with Crippen molar-refractivity contribution >= 4 is 22.9 Å². The third-order valence-corrected chi connectivity index (χ3v) is 1.49. The Morgan fingerprint density at radius 2 is 2.57 bits per heavy atom. The summed E-state index contributed by atoms with van der Waals surface area (Å²) in [5, 5.41) is 0. The molecular formula is C3HClFNS. The van der Waals surface area contributed by atoms with Crippen LogP contribution in [0.25, 0.3) is 0 Å². The highest BCUT2D eigenvalue weighted by atomic mass is 35.5. The first-order valence-corrected chi connectivity index (χ1v) is 2.81. The van der Waals surface area contributed by atoms with E-state index in [2.05, 4.69) is 4.98 Å². The van der Waals surface area contributed by atoms with E-state index in [9.17, 15) is 4.39 Å². The van der Waals surface area contributed by atoms with E-state index in [0.717, 1.165) is 11.3 Å². The highest BCUT2D eigenvalue weighted by Crippen LogP contribution is 2.16. The summed E-state index contributed by atoms with van der Waals surface area (Å²) in [5.41, 5.74) is 1.36. The van der Waals surface area contributed by atoms with Crippen LogP contribution in [-0.4, -0.2) is 4.98 Å². The maximum Gasteiger partial charge on any atom is 0.242 e. The fourth-order valence-corrected chi connectivity index (χ4v) is 0.774. The lowest BCUT2D eigenvalue weighted by molar-refractivity contribution is 0.592. The van der Waals surface area contributed by atoms with Gasteiger partial charge in [0.1, 0.15) is 4.34 Å². The van der Waals surface area contributed by atoms with E-state index >= 15 is 0 Å². The molecule has 0 amide bonds. The lowest BCUT2D eigenvalue weighted by Gasteiger charge is -1.69. The molecule has 0 aliphatic heterocycles. The van der Waals surface area contributed by atoms with Crippen molar-refractivity contribution < 1.29 is 4.39 Å². The van der Waals surface area contributed by atoms with Gasteiger partial charge in [0.2, 0.25) is 5.95 Å². The van der Waals surface area contributed by atoms with Gasteiger partial charge in [0.25, 0.3) is 0 Å². The van der Waals surface area contributed by atoms with Crippen molar-refractivity contribution in [1.29, 1.82) is 0 Å². The van der Waals surface area contributed by atoms with Crippen LogP contribution in [0.3, 0.4) is 0 Å². The quantitative estimate of drug-likeness (QED) is 0.533. The Labute approximate surface area is 48.8 Å². The van der Waals surface area contributed by atoms with Crippen molar-refractivity contribution in [1.82, 2.24) is 4.98 Å². The Balaban J connectivity index is 3.12. The fraction of sp³-hybridized carbons (Fsp3) is 0. The molecule has 0 aromatic carbocycles. The topological polar surface area (TPSA) is 12.9 Å². The van der Waals surface area contributed by atoms with E-state index in [1.807, 2.05) is 0 Å². The summed E-state index contributed by atoms with van der Waals surface area (Å²) < 4.78 is 12.0. The van der Waals surface area contributed by atoms with Gasteiger partial charge in [0, 0.05) is 0 Å². The predicted octanol–water partition coefficient (Wildman–Crippen LogP) is 1.94. The smallest absolute Gasteiger partial charge is 0.215 e. The zero-order chi connectivity index (χ0) is 5.28. The molecule has 0 aliphatic carbocycles. The van der Waals surface area contributed by atoms with Gasteiger partial charge < -0.3 is 0 Å². The number of aromatic nitrogens is 1. The van der Waals surface area contributed by atoms with Crippen LogP contribution in [0.2, 0.25) is 4.34 Å². The second-order valence-electron chi connectivity index (χ2n) is 0.917. The standard InChI is InChI=1S/C3HClFNS/c4-2-3(5)6-1-7-2/h1H. The summed E-state index contributed by atoms with van der Waals surface area (Å²) in [6.45, 7) is 0. The molecule has 7 heavy (non-hydrogen) atoms. The monoisotopic (exact) mass is 137 g/mol. The molecule has 38 valence electrons. The molecule has 0 fully saturated rings. The maximum atomic E-state index is 11.8. The minimum Gasteiger partial charge on any atom is -0.215 e. The Morgan fingerprint density at radius 3 is 2.71 bits per heavy atom. The molecule has 1 rings (SSSR count). The fourth-order valence-electron chi connectivity index (χ4n) is 0.218. The second-order valence-corrected chi connectivity index (χ2v) is 2.37. The van der Waals surface area contributed by atoms with Crippen LogP contribution in [0.1, 0.15) is 0 Å². The molecule has 0 radical (unpaired) electrons. The molecule has 0 saturated heterocycles. The molecule has 1 aromatic heterocycles. The van der Waals surface area contributed by atoms with E-state index in [0.29, 0.717) is 0 Å². The SMILES string of the molecule is Fc1ncsc1Cl. The van der Waals surface area contributed by atoms with Gasteiger partial charge in [-0.1, -0.05) is 11.6 Å². The first-order valence-electron chi connectivity index (χ1n) is 1.55. The van der Waals surface area contributed by atoms with E-state index in [4.69, 9.17) is 11.6 Å². The Kier molecular flexibility index (Phi) is 1.25. The molecule has 4 heteroatoms. The van der Waals surface area contributed by atoms with Gasteiger partial charge in [-0.2, -0.15) is 4.39 Å². The van der Waals surface area contributed by atoms with E-state index in [1.165, 1.54) is 5.51 Å². The molecule has 1 aromatic rings. The number of hydrogen-bond acceptors (Lipinski definition) is 2. The third-order valence-electron chi connectivity index (χ3n) is 0.484. The number of nitrogens with zero attached hydrogens (tertiary/aromatic N) is 1. The molecule has 0 spiro atoms. The summed E-state index contributed by atoms with van der Waals surface area (Å²) >= 11 is 6.29. The summed E-state index contributed by atoms with van der Waals surface area (Å²) in [6.07, 6.45) is 0. The highest BCUT2D eigenvalue weighted by molar-refractivity contribution is 7.14. The van der Waals surface area contributed by atoms with Gasteiger partial charge in [0.05, 0.1) is 5.51 Å². The van der Waals surface area contributed by atoms with Crippen molar-refractivity contribution in [2.24, 2.45) is 0 Å². The normalized spacial score (nSPS) is 9.43. The molecule has 0 bridgehead atoms. The predicted molar refractivity (Wildman–Crippen MR) is 27.1 cm³/mol. The Hall–Kier alpha value is -0.150. The molecule has 1 nitrogen and oxygen atoms in total. The van der Waals surface area contributed by atoms with Crippen molar-refractivity contribution in [3.05, 3.63) is 15.8 Å². The van der Waals surface area contributed by atoms with Crippen LogP contribution in [0.15, 0.2) is 5.51 Å². The van der Waals surface area contributed by atoms with E-state index in [-0.39, 0.29) is 4.34 Å². The van der Waals surface area contributed by atoms with Crippen LogP contribution < -0.4 is 0 Å². The largest absolute Gasteiger partial charge is 0.242 e. The molecule has 0 unspecified atom stereocenters. The summed E-state index contributed by atoms with van der Waals surface area (Å²) in [4.78, 5) is 3.24. The maximum absolute atomic E-state index is 11.8. The number of rotatable bonds is 0. The average Bonchev–Trinajstić information content (AvgIpc) is 1.91. The minimum absolute atomic E-state index is 0.125. The zero-order valence-electron chi connectivity index (χ0n) is 3.19. The van der Waals surface area contributed by atoms with Gasteiger partial charge in [-0.25, -0.2) is 4.98 Å². The van der Waals surface area contributed by atoms with Crippen molar-refractivity contribution in [3.8, 4) is 0 Å². The van der Waals surface area contributed by atoms with E-state index < -0.39 is 5.95 Å². The Bertz CT molecular complexity index is 147. The minimum atomic E-state index is -0.577. The number of hydrogen-bond donors (Lipinski definition) is 0. The second kappa shape index (κ2) is 1.76. The Morgan fingerprint density at radius 1 is 1.86 bits per heavy atom. The third kappa shape index (κ3) is 0.894. The summed E-state index contributed by atoms with van der Waals surface area (Å²) in [7, 11) is 0. The van der Waals surface area contributed by atoms with Gasteiger partial charge in [0.15, 0.2) is 0 Å². The highest BCUT2D eigenvalue weighted by Gasteiger charge is 1.97. The van der Waals surface area contributed by atoms with Crippen LogP contribution in [0.4, 0.5) is 4.39 Å². The molecule has 0 aliphatic rings. The van der Waals surface area contributed by atoms with Crippen LogP contribution in [0, 0.1) is 5.95 Å². The first-order chi connectivity index (χ1) is 3.30. The lowest BCUT2D eigenvalue weighted by Crippen LogP contribution is -1.65. The summed E-state index contributed by atoms with van der Waals surface area (Å²) in [5.74, 6) is -0.577. The summed E-state index contributed by atoms with van der Waals surface area (Å²) in [6, 6.07) is 0. The van der Waals surface area contributed by atoms with Crippen molar-refractivity contribution in [3.63, 3.8) is 0 Å². The van der Waals surface area contributed by atoms with Crippen molar-refractivity contribution in [2.75, 3.05) is 0 Å². The molecule has 0 saturated carbocycles. The number of halogens is 2. The van der Waals surface area contributed by atoms with Crippen LogP contribution in [-0.2, 0) is 0 Å². The van der Waals surface area contributed by atoms with Crippen LogP contribution >= 0.6 is 22.9 Å². The molecule has 0 atom stereocenters. The van der Waals surface area contributed by atoms with Gasteiger partial charge in [-0.05, 0) is 0 Å². The van der Waals surface area contributed by atoms with Crippen molar-refractivity contribution in [2.45, 2.75) is 0 Å². The van der Waals surface area contributed by atoms with Crippen LogP contribution in [0.5, 0.6) is 0 Å². The first kappa shape index (κ1) is 5.00. The number of thiazole rings is 1. The average molecular weight is 138 g/mol. The zero-order valence-corrected chi connectivity index (χ0v) is 4.76. The van der Waals surface area contributed by atoms with Gasteiger partial charge >= 0.3 is 0 Å². The molecule has 0 N–H and O–H groups in total.